The van der Waals surface area contributed by atoms with E-state index in [9.17, 15) is 19.5 Å². The van der Waals surface area contributed by atoms with E-state index in [1.54, 1.807) is 21.6 Å². The van der Waals surface area contributed by atoms with Gasteiger partial charge in [0.25, 0.3) is 0 Å². The molecule has 8 nitrogen and oxygen atoms in total. The van der Waals surface area contributed by atoms with Gasteiger partial charge in [-0.3, -0.25) is 14.4 Å². The Morgan fingerprint density at radius 1 is 0.953 bits per heavy atom. The number of fused-ring (bicyclic) bond motifs is 2. The number of rotatable bonds is 8. The van der Waals surface area contributed by atoms with Gasteiger partial charge < -0.3 is 24.5 Å². The molecule has 2 saturated heterocycles. The summed E-state index contributed by atoms with van der Waals surface area (Å²) in [5.74, 6) is -1.01. The lowest BCUT2D eigenvalue weighted by Gasteiger charge is -2.44. The van der Waals surface area contributed by atoms with Gasteiger partial charge in [-0.25, -0.2) is 0 Å². The number of nitrogens with zero attached hydrogens (tertiary/aromatic N) is 3. The Morgan fingerprint density at radius 3 is 2.26 bits per heavy atom. The standard InChI is InChI=1S/C34H47N3O5S/c1-8-42-24-14-12-23(13-15-24)35-18-9-16-33(7)25(28(35)39)26-29(40)36(19-11-21-38)27-30(41)37(20-10-17-34(26,27)43-33)32(5,6)22-31(2,3)4/h9-10,12-17,25-27,38H,8,11,18-22H2,1-7H3/t25-,26-,27?,33+,34-/m0/s1. The molecule has 3 amide bonds. The van der Waals surface area contributed by atoms with Crippen molar-refractivity contribution < 1.29 is 24.2 Å². The summed E-state index contributed by atoms with van der Waals surface area (Å²) in [6.45, 7) is 16.3. The Labute approximate surface area is 260 Å². The van der Waals surface area contributed by atoms with E-state index in [0.717, 1.165) is 17.9 Å². The molecule has 5 atom stereocenters. The van der Waals surface area contributed by atoms with Crippen LogP contribution in [0.2, 0.25) is 0 Å². The van der Waals surface area contributed by atoms with Crippen LogP contribution < -0.4 is 9.64 Å². The highest BCUT2D eigenvalue weighted by molar-refractivity contribution is 8.02. The van der Waals surface area contributed by atoms with Crippen molar-refractivity contribution in [3.05, 3.63) is 48.6 Å². The lowest BCUT2D eigenvalue weighted by Crippen LogP contribution is -2.58. The highest BCUT2D eigenvalue weighted by Gasteiger charge is 2.74. The van der Waals surface area contributed by atoms with Crippen molar-refractivity contribution in [3.8, 4) is 5.75 Å². The SMILES string of the molecule is CCOc1ccc(N2CC=C[C@@]3(C)S[C@]45C=CCN(C(C)(C)CC(C)(C)C)C(=O)C4N(CCCO)C(=O)[C@@H]5[C@H]3C2=O)cc1. The molecule has 4 aliphatic heterocycles. The van der Waals surface area contributed by atoms with E-state index < -0.39 is 32.9 Å². The van der Waals surface area contributed by atoms with Crippen LogP contribution in [0.25, 0.3) is 0 Å². The van der Waals surface area contributed by atoms with Gasteiger partial charge in [0, 0.05) is 42.2 Å². The fourth-order valence-corrected chi connectivity index (χ4v) is 10.2. The van der Waals surface area contributed by atoms with Crippen LogP contribution in [0.5, 0.6) is 5.75 Å². The van der Waals surface area contributed by atoms with Gasteiger partial charge in [0.15, 0.2) is 0 Å². The quantitative estimate of drug-likeness (QED) is 0.431. The largest absolute Gasteiger partial charge is 0.494 e. The number of ether oxygens (including phenoxy) is 1. The lowest BCUT2D eigenvalue weighted by atomic mass is 9.74. The average molecular weight is 610 g/mol. The second kappa shape index (κ2) is 11.3. The fraction of sp³-hybridized carbons (Fsp3) is 0.618. The molecule has 43 heavy (non-hydrogen) atoms. The first kappa shape index (κ1) is 31.6. The lowest BCUT2D eigenvalue weighted by molar-refractivity contribution is -0.146. The van der Waals surface area contributed by atoms with Gasteiger partial charge in [0.1, 0.15) is 11.8 Å². The van der Waals surface area contributed by atoms with Crippen molar-refractivity contribution in [3.63, 3.8) is 0 Å². The first-order valence-electron chi connectivity index (χ1n) is 15.5. The molecule has 4 aliphatic rings. The van der Waals surface area contributed by atoms with Crippen molar-refractivity contribution >= 4 is 35.2 Å². The summed E-state index contributed by atoms with van der Waals surface area (Å²) in [6, 6.07) is 6.73. The van der Waals surface area contributed by atoms with Gasteiger partial charge in [-0.15, -0.1) is 11.8 Å². The molecule has 234 valence electrons. The van der Waals surface area contributed by atoms with E-state index >= 15 is 0 Å². The molecule has 5 rings (SSSR count). The molecule has 0 aromatic heterocycles. The number of anilines is 1. The van der Waals surface area contributed by atoms with Crippen molar-refractivity contribution in [1.29, 1.82) is 0 Å². The molecule has 0 bridgehead atoms. The Hall–Kier alpha value is -2.78. The zero-order valence-electron chi connectivity index (χ0n) is 26.6. The minimum absolute atomic E-state index is 0.00753. The van der Waals surface area contributed by atoms with Gasteiger partial charge in [0.05, 0.1) is 23.2 Å². The van der Waals surface area contributed by atoms with E-state index in [2.05, 4.69) is 46.8 Å². The van der Waals surface area contributed by atoms with Gasteiger partial charge in [-0.2, -0.15) is 0 Å². The Bertz CT molecular complexity index is 1320. The molecule has 2 fully saturated rings. The number of aliphatic hydroxyl groups is 1. The summed E-state index contributed by atoms with van der Waals surface area (Å²) in [5.41, 5.74) is 0.286. The van der Waals surface area contributed by atoms with Crippen molar-refractivity contribution in [2.24, 2.45) is 17.3 Å². The second-order valence-electron chi connectivity index (χ2n) is 14.3. The van der Waals surface area contributed by atoms with Gasteiger partial charge in [-0.05, 0) is 70.2 Å². The number of amides is 3. The monoisotopic (exact) mass is 609 g/mol. The van der Waals surface area contributed by atoms with Crippen LogP contribution in [0.1, 0.15) is 61.3 Å². The second-order valence-corrected chi connectivity index (χ2v) is 16.1. The van der Waals surface area contributed by atoms with E-state index in [0.29, 0.717) is 26.1 Å². The van der Waals surface area contributed by atoms with E-state index in [-0.39, 0.29) is 36.3 Å². The average Bonchev–Trinajstić information content (AvgIpc) is 3.17. The fourth-order valence-electron chi connectivity index (χ4n) is 8.06. The smallest absolute Gasteiger partial charge is 0.247 e. The highest BCUT2D eigenvalue weighted by Crippen LogP contribution is 2.65. The van der Waals surface area contributed by atoms with E-state index in [1.807, 2.05) is 55.2 Å². The summed E-state index contributed by atoms with van der Waals surface area (Å²) in [7, 11) is 0. The number of carbonyl (C=O) groups excluding carboxylic acids is 3. The van der Waals surface area contributed by atoms with Crippen LogP contribution in [-0.2, 0) is 14.4 Å². The topological polar surface area (TPSA) is 90.4 Å². The van der Waals surface area contributed by atoms with Crippen LogP contribution in [-0.4, -0.2) is 86.6 Å². The molecule has 0 aliphatic carbocycles. The third-order valence-corrected chi connectivity index (χ3v) is 11.1. The first-order valence-corrected chi connectivity index (χ1v) is 16.3. The number of thioether (sulfide) groups is 1. The van der Waals surface area contributed by atoms with Gasteiger partial charge >= 0.3 is 0 Å². The van der Waals surface area contributed by atoms with Gasteiger partial charge in [-0.1, -0.05) is 45.1 Å². The van der Waals surface area contributed by atoms with Crippen molar-refractivity contribution in [2.45, 2.75) is 82.4 Å². The number of hydrogen-bond acceptors (Lipinski definition) is 6. The van der Waals surface area contributed by atoms with Crippen molar-refractivity contribution in [2.75, 3.05) is 37.7 Å². The third kappa shape index (κ3) is 5.41. The molecule has 0 radical (unpaired) electrons. The minimum atomic E-state index is -0.905. The molecule has 1 spiro atoms. The predicted octanol–water partition coefficient (Wildman–Crippen LogP) is 4.67. The minimum Gasteiger partial charge on any atom is -0.494 e. The molecule has 0 saturated carbocycles. The summed E-state index contributed by atoms with van der Waals surface area (Å²) < 4.78 is 4.02. The van der Waals surface area contributed by atoms with E-state index in [4.69, 9.17) is 4.74 Å². The summed E-state index contributed by atoms with van der Waals surface area (Å²) in [4.78, 5) is 49.2. The predicted molar refractivity (Wildman–Crippen MR) is 171 cm³/mol. The first-order chi connectivity index (χ1) is 20.2. The Balaban J connectivity index is 1.58. The summed E-state index contributed by atoms with van der Waals surface area (Å²) >= 11 is 1.59. The number of likely N-dealkylation sites (tertiary alicyclic amines) is 1. The van der Waals surface area contributed by atoms with Crippen molar-refractivity contribution in [1.82, 2.24) is 9.80 Å². The molecule has 1 unspecified atom stereocenters. The molecule has 4 heterocycles. The third-order valence-electron chi connectivity index (χ3n) is 9.27. The normalized spacial score (nSPS) is 30.7. The van der Waals surface area contributed by atoms with Crippen LogP contribution in [0.3, 0.4) is 0 Å². The molecular weight excluding hydrogens is 562 g/mol. The van der Waals surface area contributed by atoms with Crippen LogP contribution >= 0.6 is 11.8 Å². The summed E-state index contributed by atoms with van der Waals surface area (Å²) in [5, 5.41) is 9.73. The molecule has 9 heteroatoms. The zero-order chi connectivity index (χ0) is 31.4. The highest BCUT2D eigenvalue weighted by atomic mass is 32.2. The zero-order valence-corrected chi connectivity index (χ0v) is 27.4. The van der Waals surface area contributed by atoms with E-state index in [1.165, 1.54) is 0 Å². The molecule has 1 aromatic carbocycles. The van der Waals surface area contributed by atoms with Crippen LogP contribution in [0.4, 0.5) is 5.69 Å². The van der Waals surface area contributed by atoms with Crippen LogP contribution in [0, 0.1) is 17.3 Å². The Kier molecular flexibility index (Phi) is 8.31. The summed E-state index contributed by atoms with van der Waals surface area (Å²) in [6.07, 6.45) is 9.36. The maximum Gasteiger partial charge on any atom is 0.247 e. The van der Waals surface area contributed by atoms with Crippen LogP contribution in [0.15, 0.2) is 48.6 Å². The Morgan fingerprint density at radius 2 is 1.63 bits per heavy atom. The number of aliphatic hydroxyl groups excluding tert-OH is 1. The maximum absolute atomic E-state index is 14.7. The molecular formula is C34H47N3O5S. The maximum atomic E-state index is 14.7. The number of benzene rings is 1. The number of hydrogen-bond donors (Lipinski definition) is 1. The molecule has 1 N–H and O–H groups in total. The number of carbonyl (C=O) groups is 3. The molecule has 1 aromatic rings. The van der Waals surface area contributed by atoms with Gasteiger partial charge in [0.2, 0.25) is 17.7 Å².